The second-order valence-electron chi connectivity index (χ2n) is 7.66. The fraction of sp³-hybridized carbons (Fsp3) is 0.125. The summed E-state index contributed by atoms with van der Waals surface area (Å²) in [6.45, 7) is -0.0679. The van der Waals surface area contributed by atoms with Crippen molar-refractivity contribution in [3.63, 3.8) is 0 Å². The summed E-state index contributed by atoms with van der Waals surface area (Å²) in [4.78, 5) is 27.0. The van der Waals surface area contributed by atoms with Crippen LogP contribution in [0.15, 0.2) is 75.1 Å². The Labute approximate surface area is 222 Å². The van der Waals surface area contributed by atoms with Crippen LogP contribution in [0.3, 0.4) is 0 Å². The fourth-order valence-electron chi connectivity index (χ4n) is 3.31. The molecule has 10 nitrogen and oxygen atoms in total. The number of ether oxygens (including phenoxy) is 2. The molecule has 37 heavy (non-hydrogen) atoms. The molecule has 0 unspecified atom stereocenters. The van der Waals surface area contributed by atoms with Gasteiger partial charge in [0.25, 0.3) is 11.8 Å². The molecule has 1 aromatic heterocycles. The molecular formula is C24H21N3O7S3. The molecule has 2 heterocycles. The van der Waals surface area contributed by atoms with E-state index in [0.717, 1.165) is 0 Å². The molecule has 4 rings (SSSR count). The van der Waals surface area contributed by atoms with Crippen molar-refractivity contribution in [1.82, 2.24) is 4.90 Å². The van der Waals surface area contributed by atoms with Gasteiger partial charge in [-0.2, -0.15) is 0 Å². The number of nitrogens with zero attached hydrogens (tertiary/aromatic N) is 1. The number of methoxy groups -OCH3 is 1. The maximum atomic E-state index is 12.8. The number of nitrogens with one attached hydrogen (secondary N) is 1. The number of anilines is 1. The quantitative estimate of drug-likeness (QED) is 0.298. The molecule has 0 radical (unpaired) electrons. The highest BCUT2D eigenvalue weighted by Gasteiger charge is 2.32. The molecule has 0 aliphatic carbocycles. The van der Waals surface area contributed by atoms with Crippen molar-refractivity contribution in [2.75, 3.05) is 19.0 Å². The number of primary sulfonamides is 1. The van der Waals surface area contributed by atoms with E-state index in [0.29, 0.717) is 37.7 Å². The first-order valence-corrected chi connectivity index (χ1v) is 13.4. The van der Waals surface area contributed by atoms with Gasteiger partial charge < -0.3 is 19.2 Å². The number of benzene rings is 2. The van der Waals surface area contributed by atoms with E-state index >= 15 is 0 Å². The van der Waals surface area contributed by atoms with Crippen LogP contribution in [-0.4, -0.2) is 43.2 Å². The lowest BCUT2D eigenvalue weighted by atomic mass is 10.2. The fourth-order valence-corrected chi connectivity index (χ4v) is 5.08. The summed E-state index contributed by atoms with van der Waals surface area (Å²) in [7, 11) is -2.36. The molecule has 1 aliphatic rings. The average molecular weight is 560 g/mol. The molecule has 0 atom stereocenters. The predicted octanol–water partition coefficient (Wildman–Crippen LogP) is 3.35. The topological polar surface area (TPSA) is 141 Å². The highest BCUT2D eigenvalue weighted by Crippen LogP contribution is 2.35. The Morgan fingerprint density at radius 3 is 2.59 bits per heavy atom. The van der Waals surface area contributed by atoms with Crippen molar-refractivity contribution < 1.29 is 31.9 Å². The van der Waals surface area contributed by atoms with Gasteiger partial charge in [0, 0.05) is 5.69 Å². The van der Waals surface area contributed by atoms with Crippen LogP contribution in [0.1, 0.15) is 11.3 Å². The summed E-state index contributed by atoms with van der Waals surface area (Å²) >= 11 is 6.55. The lowest BCUT2D eigenvalue weighted by Gasteiger charge is -2.12. The van der Waals surface area contributed by atoms with Gasteiger partial charge in [-0.25, -0.2) is 13.6 Å². The van der Waals surface area contributed by atoms with Gasteiger partial charge in [0.05, 0.1) is 29.7 Å². The van der Waals surface area contributed by atoms with Crippen LogP contribution in [0.25, 0.3) is 6.08 Å². The van der Waals surface area contributed by atoms with Crippen molar-refractivity contribution in [3.8, 4) is 11.5 Å². The highest BCUT2D eigenvalue weighted by atomic mass is 32.2. The summed E-state index contributed by atoms with van der Waals surface area (Å²) in [5.74, 6) is 0.634. The number of hydrogen-bond acceptors (Lipinski definition) is 9. The van der Waals surface area contributed by atoms with Gasteiger partial charge in [-0.05, 0) is 60.2 Å². The normalized spacial score (nSPS) is 14.8. The van der Waals surface area contributed by atoms with Gasteiger partial charge in [0.1, 0.15) is 10.1 Å². The van der Waals surface area contributed by atoms with Crippen LogP contribution >= 0.6 is 24.0 Å². The summed E-state index contributed by atoms with van der Waals surface area (Å²) < 4.78 is 39.4. The number of sulfonamides is 1. The van der Waals surface area contributed by atoms with Crippen molar-refractivity contribution in [2.24, 2.45) is 5.14 Å². The number of carbonyl (C=O) groups is 2. The number of furan rings is 1. The lowest BCUT2D eigenvalue weighted by molar-refractivity contribution is -0.122. The molecular weight excluding hydrogens is 538 g/mol. The first kappa shape index (κ1) is 26.4. The lowest BCUT2D eigenvalue weighted by Crippen LogP contribution is -2.27. The number of amides is 2. The molecule has 1 aliphatic heterocycles. The minimum atomic E-state index is -3.82. The zero-order valence-corrected chi connectivity index (χ0v) is 21.8. The maximum Gasteiger partial charge on any atom is 0.266 e. The Kier molecular flexibility index (Phi) is 7.97. The Bertz CT molecular complexity index is 1470. The zero-order chi connectivity index (χ0) is 26.6. The van der Waals surface area contributed by atoms with E-state index < -0.39 is 15.9 Å². The number of thioether (sulfide) groups is 1. The standard InChI is InChI=1S/C24H21N3O7S3/c1-32-20-11-15(12-21-23(29)27(24(35)36-21)13-17-3-2-10-33-17)4-9-19(20)34-14-22(28)26-16-5-7-18(8-6-16)37(25,30)31/h2-12H,13-14H2,1H3,(H,26,28)(H2,25,30,31)/b21-12-. The first-order chi connectivity index (χ1) is 17.6. The van der Waals surface area contributed by atoms with Crippen LogP contribution < -0.4 is 19.9 Å². The Morgan fingerprint density at radius 2 is 1.95 bits per heavy atom. The number of nitrogens with two attached hydrogens (primary N) is 1. The third-order valence-electron chi connectivity index (χ3n) is 5.08. The van der Waals surface area contributed by atoms with Crippen molar-refractivity contribution in [2.45, 2.75) is 11.4 Å². The predicted molar refractivity (Wildman–Crippen MR) is 142 cm³/mol. The van der Waals surface area contributed by atoms with E-state index in [1.165, 1.54) is 54.3 Å². The van der Waals surface area contributed by atoms with E-state index in [9.17, 15) is 18.0 Å². The largest absolute Gasteiger partial charge is 0.493 e. The Morgan fingerprint density at radius 1 is 1.19 bits per heavy atom. The molecule has 1 fully saturated rings. The van der Waals surface area contributed by atoms with Crippen LogP contribution in [0.4, 0.5) is 5.69 Å². The summed E-state index contributed by atoms with van der Waals surface area (Å²) in [6.07, 6.45) is 3.24. The molecule has 0 saturated carbocycles. The van der Waals surface area contributed by atoms with Gasteiger partial charge in [-0.3, -0.25) is 14.5 Å². The second-order valence-corrected chi connectivity index (χ2v) is 10.9. The van der Waals surface area contributed by atoms with E-state index in [1.54, 1.807) is 36.4 Å². The average Bonchev–Trinajstić information content (AvgIpc) is 3.47. The van der Waals surface area contributed by atoms with Gasteiger partial charge >= 0.3 is 0 Å². The summed E-state index contributed by atoms with van der Waals surface area (Å²) in [5, 5.41) is 7.67. The number of rotatable bonds is 9. The van der Waals surface area contributed by atoms with Crippen molar-refractivity contribution in [3.05, 3.63) is 77.1 Å². The minimum Gasteiger partial charge on any atom is -0.493 e. The maximum absolute atomic E-state index is 12.8. The van der Waals surface area contributed by atoms with Crippen LogP contribution in [0.2, 0.25) is 0 Å². The van der Waals surface area contributed by atoms with Gasteiger partial charge in [0.2, 0.25) is 10.0 Å². The first-order valence-electron chi connectivity index (χ1n) is 10.7. The van der Waals surface area contributed by atoms with E-state index in [1.807, 2.05) is 0 Å². The third kappa shape index (κ3) is 6.57. The molecule has 13 heteroatoms. The summed E-state index contributed by atoms with van der Waals surface area (Å²) in [6, 6.07) is 14.0. The molecule has 0 spiro atoms. The molecule has 2 amide bonds. The Hall–Kier alpha value is -3.65. The van der Waals surface area contributed by atoms with Gasteiger partial charge in [-0.15, -0.1) is 0 Å². The Balaban J connectivity index is 1.39. The molecule has 0 bridgehead atoms. The van der Waals surface area contributed by atoms with Crippen molar-refractivity contribution in [1.29, 1.82) is 0 Å². The molecule has 3 N–H and O–H groups in total. The van der Waals surface area contributed by atoms with Crippen molar-refractivity contribution >= 4 is 61.9 Å². The molecule has 3 aromatic rings. The van der Waals surface area contributed by atoms with E-state index in [2.05, 4.69) is 5.32 Å². The van der Waals surface area contributed by atoms with Crippen LogP contribution in [-0.2, 0) is 26.2 Å². The second kappa shape index (κ2) is 11.2. The number of carbonyl (C=O) groups excluding carboxylic acids is 2. The van der Waals surface area contributed by atoms with E-state index in [-0.39, 0.29) is 24.0 Å². The summed E-state index contributed by atoms with van der Waals surface area (Å²) in [5.41, 5.74) is 1.06. The van der Waals surface area contributed by atoms with Gasteiger partial charge in [0.15, 0.2) is 18.1 Å². The molecule has 2 aromatic carbocycles. The highest BCUT2D eigenvalue weighted by molar-refractivity contribution is 8.26. The minimum absolute atomic E-state index is 0.0636. The van der Waals surface area contributed by atoms with Crippen LogP contribution in [0, 0.1) is 0 Å². The van der Waals surface area contributed by atoms with Gasteiger partial charge in [-0.1, -0.05) is 30.0 Å². The molecule has 192 valence electrons. The monoisotopic (exact) mass is 559 g/mol. The third-order valence-corrected chi connectivity index (χ3v) is 7.39. The SMILES string of the molecule is COc1cc(/C=C2\SC(=S)N(Cc3ccco3)C2=O)ccc1OCC(=O)Nc1ccc(S(N)(=O)=O)cc1. The number of thiocarbonyl (C=S) groups is 1. The zero-order valence-electron chi connectivity index (χ0n) is 19.4. The number of hydrogen-bond donors (Lipinski definition) is 2. The smallest absolute Gasteiger partial charge is 0.266 e. The molecule has 1 saturated heterocycles. The van der Waals surface area contributed by atoms with E-state index in [4.69, 9.17) is 31.2 Å². The van der Waals surface area contributed by atoms with Crippen LogP contribution in [0.5, 0.6) is 11.5 Å².